The van der Waals surface area contributed by atoms with Crippen molar-refractivity contribution in [1.29, 1.82) is 0 Å². The smallest absolute Gasteiger partial charge is 0.258 e. The van der Waals surface area contributed by atoms with E-state index in [1.165, 1.54) is 23.7 Å². The first-order valence-electron chi connectivity index (χ1n) is 5.06. The fourth-order valence-electron chi connectivity index (χ4n) is 1.28. The molecule has 0 spiro atoms. The van der Waals surface area contributed by atoms with Crippen LogP contribution in [-0.4, -0.2) is 27.6 Å². The van der Waals surface area contributed by atoms with Crippen LogP contribution in [0.1, 0.15) is 15.9 Å². The van der Waals surface area contributed by atoms with Gasteiger partial charge in [-0.2, -0.15) is 0 Å². The summed E-state index contributed by atoms with van der Waals surface area (Å²) < 4.78 is 0. The van der Waals surface area contributed by atoms with Gasteiger partial charge in [-0.25, -0.2) is 4.98 Å². The van der Waals surface area contributed by atoms with E-state index in [0.29, 0.717) is 16.3 Å². The number of carbonyl (C=O) groups is 1. The van der Waals surface area contributed by atoms with Gasteiger partial charge < -0.3 is 5.11 Å². The van der Waals surface area contributed by atoms with E-state index in [1.54, 1.807) is 17.6 Å². The Morgan fingerprint density at radius 2 is 2.39 bits per heavy atom. The Balaban J connectivity index is 2.24. The van der Waals surface area contributed by atoms with E-state index in [1.807, 2.05) is 0 Å². The van der Waals surface area contributed by atoms with Gasteiger partial charge in [-0.15, -0.1) is 11.3 Å². The molecule has 0 bridgehead atoms. The lowest BCUT2D eigenvalue weighted by molar-refractivity contribution is 0.102. The second-order valence-electron chi connectivity index (χ2n) is 3.17. The minimum Gasteiger partial charge on any atom is -0.384 e. The van der Waals surface area contributed by atoms with Gasteiger partial charge in [0.25, 0.3) is 5.91 Å². The van der Waals surface area contributed by atoms with E-state index in [9.17, 15) is 4.79 Å². The molecule has 0 aromatic carbocycles. The maximum absolute atomic E-state index is 12.0. The molecule has 0 aliphatic rings. The number of thiazole rings is 1. The molecule has 18 heavy (non-hydrogen) atoms. The molecule has 0 aliphatic heterocycles. The third-order valence-electron chi connectivity index (χ3n) is 2.02. The number of aliphatic hydroxyl groups excluding tert-OH is 1. The summed E-state index contributed by atoms with van der Waals surface area (Å²) in [6.45, 7) is -0.261. The van der Waals surface area contributed by atoms with Gasteiger partial charge in [-0.1, -0.05) is 11.8 Å². The number of aliphatic hydroxyl groups is 1. The van der Waals surface area contributed by atoms with Crippen LogP contribution in [0.25, 0.3) is 0 Å². The van der Waals surface area contributed by atoms with Crippen molar-refractivity contribution >= 4 is 22.4 Å². The predicted molar refractivity (Wildman–Crippen MR) is 68.3 cm³/mol. The number of anilines is 1. The van der Waals surface area contributed by atoms with Crippen LogP contribution in [0.3, 0.4) is 0 Å². The summed E-state index contributed by atoms with van der Waals surface area (Å²) >= 11 is 1.33. The largest absolute Gasteiger partial charge is 0.384 e. The van der Waals surface area contributed by atoms with Crippen LogP contribution in [-0.2, 0) is 0 Å². The minimum atomic E-state index is -0.297. The molecule has 0 saturated heterocycles. The lowest BCUT2D eigenvalue weighted by Gasteiger charge is -2.03. The van der Waals surface area contributed by atoms with Gasteiger partial charge in [0.2, 0.25) is 0 Å². The molecule has 0 atom stereocenters. The molecule has 2 rings (SSSR count). The molecule has 90 valence electrons. The zero-order valence-corrected chi connectivity index (χ0v) is 10.1. The van der Waals surface area contributed by atoms with Crippen LogP contribution in [0, 0.1) is 11.8 Å². The monoisotopic (exact) mass is 259 g/mol. The van der Waals surface area contributed by atoms with Crippen LogP contribution in [0.5, 0.6) is 0 Å². The Morgan fingerprint density at radius 3 is 3.11 bits per heavy atom. The van der Waals surface area contributed by atoms with Crippen LogP contribution < -0.4 is 5.32 Å². The summed E-state index contributed by atoms with van der Waals surface area (Å²) in [5.74, 6) is 4.88. The first-order valence-corrected chi connectivity index (χ1v) is 5.94. The summed E-state index contributed by atoms with van der Waals surface area (Å²) in [7, 11) is 0. The lowest BCUT2D eigenvalue weighted by atomic mass is 10.1. The van der Waals surface area contributed by atoms with Crippen molar-refractivity contribution in [1.82, 2.24) is 9.97 Å². The van der Waals surface area contributed by atoms with E-state index in [-0.39, 0.29) is 12.5 Å². The third-order valence-corrected chi connectivity index (χ3v) is 2.71. The maximum Gasteiger partial charge on any atom is 0.258 e. The molecular weight excluding hydrogens is 250 g/mol. The molecular formula is C12H9N3O2S. The highest BCUT2D eigenvalue weighted by atomic mass is 32.1. The number of amides is 1. The molecule has 2 aromatic heterocycles. The molecule has 0 fully saturated rings. The maximum atomic E-state index is 12.0. The number of hydrogen-bond donors (Lipinski definition) is 2. The summed E-state index contributed by atoms with van der Waals surface area (Å²) in [4.78, 5) is 19.9. The minimum absolute atomic E-state index is 0.261. The van der Waals surface area contributed by atoms with Gasteiger partial charge in [-0.05, 0) is 6.07 Å². The first-order chi connectivity index (χ1) is 8.81. The van der Waals surface area contributed by atoms with Crippen molar-refractivity contribution in [3.63, 3.8) is 0 Å². The zero-order valence-electron chi connectivity index (χ0n) is 9.25. The van der Waals surface area contributed by atoms with Crippen molar-refractivity contribution in [3.8, 4) is 11.8 Å². The Hall–Kier alpha value is -2.23. The third kappa shape index (κ3) is 2.91. The van der Waals surface area contributed by atoms with Crippen LogP contribution in [0.15, 0.2) is 30.0 Å². The normalized spacial score (nSPS) is 9.39. The number of pyridine rings is 1. The number of nitrogens with one attached hydrogen (secondary N) is 1. The Bertz CT molecular complexity index is 599. The van der Waals surface area contributed by atoms with Gasteiger partial charge in [0.1, 0.15) is 6.61 Å². The van der Waals surface area contributed by atoms with Gasteiger partial charge in [0.15, 0.2) is 5.13 Å². The number of nitrogens with zero attached hydrogens (tertiary/aromatic N) is 2. The fraction of sp³-hybridized carbons (Fsp3) is 0.0833. The van der Waals surface area contributed by atoms with E-state index >= 15 is 0 Å². The van der Waals surface area contributed by atoms with E-state index in [2.05, 4.69) is 27.1 Å². The van der Waals surface area contributed by atoms with E-state index in [4.69, 9.17) is 5.11 Å². The standard InChI is InChI=1S/C12H9N3O2S/c16-6-1-2-9-8-13-4-3-10(9)11(17)15-12-14-5-7-18-12/h3-5,7-8,16H,6H2,(H,14,15,17). The molecule has 2 heterocycles. The molecule has 0 radical (unpaired) electrons. The molecule has 0 aliphatic carbocycles. The predicted octanol–water partition coefficient (Wildman–Crippen LogP) is 1.13. The molecule has 6 heteroatoms. The second kappa shape index (κ2) is 5.91. The average molecular weight is 259 g/mol. The zero-order chi connectivity index (χ0) is 12.8. The van der Waals surface area contributed by atoms with Crippen molar-refractivity contribution in [2.75, 3.05) is 11.9 Å². The van der Waals surface area contributed by atoms with Crippen molar-refractivity contribution in [2.24, 2.45) is 0 Å². The van der Waals surface area contributed by atoms with Gasteiger partial charge in [0.05, 0.1) is 11.1 Å². The highest BCUT2D eigenvalue weighted by Crippen LogP contribution is 2.13. The van der Waals surface area contributed by atoms with Crippen LogP contribution in [0.4, 0.5) is 5.13 Å². The summed E-state index contributed by atoms with van der Waals surface area (Å²) in [5, 5.41) is 13.6. The van der Waals surface area contributed by atoms with Crippen LogP contribution >= 0.6 is 11.3 Å². The van der Waals surface area contributed by atoms with E-state index < -0.39 is 0 Å². The van der Waals surface area contributed by atoms with Gasteiger partial charge >= 0.3 is 0 Å². The summed E-state index contributed by atoms with van der Waals surface area (Å²) in [5.41, 5.74) is 0.877. The number of aromatic nitrogens is 2. The van der Waals surface area contributed by atoms with Gasteiger partial charge in [0, 0.05) is 24.0 Å². The molecule has 0 saturated carbocycles. The summed E-state index contributed by atoms with van der Waals surface area (Å²) in [6, 6.07) is 1.57. The molecule has 0 unspecified atom stereocenters. The van der Waals surface area contributed by atoms with E-state index in [0.717, 1.165) is 0 Å². The summed E-state index contributed by atoms with van der Waals surface area (Å²) in [6.07, 6.45) is 4.61. The topological polar surface area (TPSA) is 75.1 Å². The first kappa shape index (κ1) is 12.2. The average Bonchev–Trinajstić information content (AvgIpc) is 2.89. The Labute approximate surface area is 108 Å². The number of rotatable bonds is 2. The van der Waals surface area contributed by atoms with Crippen LogP contribution in [0.2, 0.25) is 0 Å². The fourth-order valence-corrected chi connectivity index (χ4v) is 1.80. The van der Waals surface area contributed by atoms with Crippen molar-refractivity contribution < 1.29 is 9.90 Å². The van der Waals surface area contributed by atoms with Crippen molar-refractivity contribution in [3.05, 3.63) is 41.2 Å². The second-order valence-corrected chi connectivity index (χ2v) is 4.07. The Kier molecular flexibility index (Phi) is 4.02. The number of hydrogen-bond acceptors (Lipinski definition) is 5. The lowest BCUT2D eigenvalue weighted by Crippen LogP contribution is -2.13. The highest BCUT2D eigenvalue weighted by Gasteiger charge is 2.11. The molecule has 5 nitrogen and oxygen atoms in total. The van der Waals surface area contributed by atoms with Crippen molar-refractivity contribution in [2.45, 2.75) is 0 Å². The molecule has 2 aromatic rings. The highest BCUT2D eigenvalue weighted by molar-refractivity contribution is 7.13. The SMILES string of the molecule is O=C(Nc1nccs1)c1ccncc1C#CCO. The molecule has 1 amide bonds. The quantitative estimate of drug-likeness (QED) is 0.793. The van der Waals surface area contributed by atoms with Gasteiger partial charge in [-0.3, -0.25) is 15.1 Å². The Morgan fingerprint density at radius 1 is 1.50 bits per heavy atom. The molecule has 2 N–H and O–H groups in total. The number of carbonyl (C=O) groups excluding carboxylic acids is 1.